The summed E-state index contributed by atoms with van der Waals surface area (Å²) in [5.74, 6) is -0.428. The average Bonchev–Trinajstić information content (AvgIpc) is 2.61. The van der Waals surface area contributed by atoms with Crippen molar-refractivity contribution in [3.05, 3.63) is 64.7 Å². The first-order chi connectivity index (χ1) is 12.3. The molecule has 0 unspecified atom stereocenters. The van der Waals surface area contributed by atoms with E-state index in [4.69, 9.17) is 16.3 Å². The van der Waals surface area contributed by atoms with Crippen molar-refractivity contribution in [2.45, 2.75) is 31.7 Å². The summed E-state index contributed by atoms with van der Waals surface area (Å²) in [7, 11) is -3.81. The number of carbonyl (C=O) groups excluding carboxylic acids is 1. The molecular formula is C19H22ClNO4S. The van der Waals surface area contributed by atoms with Crippen LogP contribution in [0.1, 0.15) is 24.5 Å². The molecule has 0 radical (unpaired) electrons. The van der Waals surface area contributed by atoms with E-state index >= 15 is 0 Å². The van der Waals surface area contributed by atoms with Crippen LogP contribution in [0, 0.1) is 6.92 Å². The predicted molar refractivity (Wildman–Crippen MR) is 101 cm³/mol. The monoisotopic (exact) mass is 395 g/mol. The number of esters is 1. The van der Waals surface area contributed by atoms with Crippen molar-refractivity contribution in [1.82, 2.24) is 4.31 Å². The van der Waals surface area contributed by atoms with Crippen molar-refractivity contribution >= 4 is 27.6 Å². The van der Waals surface area contributed by atoms with E-state index in [9.17, 15) is 13.2 Å². The fourth-order valence-corrected chi connectivity index (χ4v) is 4.10. The third-order valence-electron chi connectivity index (χ3n) is 3.85. The van der Waals surface area contributed by atoms with E-state index in [0.29, 0.717) is 5.02 Å². The number of halogens is 1. The zero-order valence-electron chi connectivity index (χ0n) is 14.8. The molecule has 0 bridgehead atoms. The molecule has 0 atom stereocenters. The molecule has 5 nitrogen and oxygen atoms in total. The van der Waals surface area contributed by atoms with E-state index in [-0.39, 0.29) is 31.0 Å². The highest BCUT2D eigenvalue weighted by atomic mass is 35.5. The molecule has 0 spiro atoms. The third kappa shape index (κ3) is 5.30. The molecule has 26 heavy (non-hydrogen) atoms. The molecule has 0 aliphatic heterocycles. The lowest BCUT2D eigenvalue weighted by Crippen LogP contribution is -2.33. The summed E-state index contributed by atoms with van der Waals surface area (Å²) in [5, 5.41) is 0.385. The molecule has 0 saturated carbocycles. The van der Waals surface area contributed by atoms with E-state index in [0.717, 1.165) is 11.1 Å². The molecule has 0 heterocycles. The molecule has 2 aromatic carbocycles. The maximum absolute atomic E-state index is 13.1. The van der Waals surface area contributed by atoms with Gasteiger partial charge in [-0.05, 0) is 37.1 Å². The molecule has 2 aromatic rings. The smallest absolute Gasteiger partial charge is 0.307 e. The predicted octanol–water partition coefficient (Wildman–Crippen LogP) is 3.79. The molecule has 0 amide bonds. The second kappa shape index (κ2) is 9.16. The normalized spacial score (nSPS) is 11.5. The third-order valence-corrected chi connectivity index (χ3v) is 6.10. The Morgan fingerprint density at radius 2 is 1.85 bits per heavy atom. The second-order valence-corrected chi connectivity index (χ2v) is 8.14. The maximum atomic E-state index is 13.1. The lowest BCUT2D eigenvalue weighted by molar-refractivity contribution is -0.143. The zero-order chi connectivity index (χ0) is 19.2. The van der Waals surface area contributed by atoms with Crippen LogP contribution in [-0.4, -0.2) is 31.8 Å². The first-order valence-electron chi connectivity index (χ1n) is 8.30. The SMILES string of the molecule is CCOC(=O)CCN(Cc1ccccc1)S(=O)(=O)c1ccc(C)c(Cl)c1. The van der Waals surface area contributed by atoms with E-state index in [1.54, 1.807) is 19.9 Å². The number of sulfonamides is 1. The lowest BCUT2D eigenvalue weighted by Gasteiger charge is -2.22. The fourth-order valence-electron chi connectivity index (χ4n) is 2.40. The summed E-state index contributed by atoms with van der Waals surface area (Å²) in [6.45, 7) is 3.97. The van der Waals surface area contributed by atoms with Crippen LogP contribution >= 0.6 is 11.6 Å². The quantitative estimate of drug-likeness (QED) is 0.638. The van der Waals surface area contributed by atoms with Crippen LogP contribution in [0.4, 0.5) is 0 Å². The van der Waals surface area contributed by atoms with Crippen molar-refractivity contribution in [3.8, 4) is 0 Å². The molecule has 7 heteroatoms. The minimum Gasteiger partial charge on any atom is -0.466 e. The zero-order valence-corrected chi connectivity index (χ0v) is 16.4. The van der Waals surface area contributed by atoms with Gasteiger partial charge in [0.25, 0.3) is 0 Å². The topological polar surface area (TPSA) is 63.7 Å². The summed E-state index contributed by atoms with van der Waals surface area (Å²) in [4.78, 5) is 11.8. The number of hydrogen-bond donors (Lipinski definition) is 0. The van der Waals surface area contributed by atoms with Gasteiger partial charge in [0.2, 0.25) is 10.0 Å². The molecule has 2 rings (SSSR count). The van der Waals surface area contributed by atoms with Gasteiger partial charge in [0.15, 0.2) is 0 Å². The Bertz CT molecular complexity index is 853. The van der Waals surface area contributed by atoms with Crippen LogP contribution in [-0.2, 0) is 26.1 Å². The molecule has 0 N–H and O–H groups in total. The Kier molecular flexibility index (Phi) is 7.20. The van der Waals surface area contributed by atoms with Gasteiger partial charge in [0.1, 0.15) is 0 Å². The summed E-state index contributed by atoms with van der Waals surface area (Å²) in [6.07, 6.45) is -0.0144. The van der Waals surface area contributed by atoms with Crippen LogP contribution in [0.25, 0.3) is 0 Å². The van der Waals surface area contributed by atoms with E-state index in [1.165, 1.54) is 16.4 Å². The number of nitrogens with zero attached hydrogens (tertiary/aromatic N) is 1. The summed E-state index contributed by atoms with van der Waals surface area (Å²) in [6, 6.07) is 13.9. The Balaban J connectivity index is 2.30. The highest BCUT2D eigenvalue weighted by molar-refractivity contribution is 7.89. The Morgan fingerprint density at radius 1 is 1.15 bits per heavy atom. The summed E-state index contributed by atoms with van der Waals surface area (Å²) >= 11 is 6.10. The highest BCUT2D eigenvalue weighted by Crippen LogP contribution is 2.24. The number of ether oxygens (including phenoxy) is 1. The largest absolute Gasteiger partial charge is 0.466 e. The summed E-state index contributed by atoms with van der Waals surface area (Å²) in [5.41, 5.74) is 1.63. The number of carbonyl (C=O) groups is 1. The standard InChI is InChI=1S/C19H22ClNO4S/c1-3-25-19(22)11-12-21(14-16-7-5-4-6-8-16)26(23,24)17-10-9-15(2)18(20)13-17/h4-10,13H,3,11-12,14H2,1-2H3. The van der Waals surface area contributed by atoms with Gasteiger partial charge in [0.05, 0.1) is 17.9 Å². The first kappa shape index (κ1) is 20.4. The number of benzene rings is 2. The maximum Gasteiger partial charge on any atom is 0.307 e. The number of aryl methyl sites for hydroxylation is 1. The van der Waals surface area contributed by atoms with Crippen molar-refractivity contribution in [2.24, 2.45) is 0 Å². The minimum absolute atomic E-state index is 0.0144. The molecule has 140 valence electrons. The van der Waals surface area contributed by atoms with Crippen molar-refractivity contribution in [2.75, 3.05) is 13.2 Å². The Morgan fingerprint density at radius 3 is 2.46 bits per heavy atom. The highest BCUT2D eigenvalue weighted by Gasteiger charge is 2.26. The average molecular weight is 396 g/mol. The second-order valence-electron chi connectivity index (χ2n) is 5.79. The first-order valence-corrected chi connectivity index (χ1v) is 10.1. The van der Waals surface area contributed by atoms with Gasteiger partial charge in [-0.1, -0.05) is 48.0 Å². The number of hydrogen-bond acceptors (Lipinski definition) is 4. The van der Waals surface area contributed by atoms with Gasteiger partial charge in [-0.25, -0.2) is 8.42 Å². The van der Waals surface area contributed by atoms with Gasteiger partial charge in [-0.3, -0.25) is 4.79 Å². The fraction of sp³-hybridized carbons (Fsp3) is 0.316. The number of rotatable bonds is 8. The van der Waals surface area contributed by atoms with E-state index in [1.807, 2.05) is 30.3 Å². The van der Waals surface area contributed by atoms with Gasteiger partial charge >= 0.3 is 5.97 Å². The molecule has 0 aliphatic carbocycles. The molecule has 0 fully saturated rings. The van der Waals surface area contributed by atoms with Crippen molar-refractivity contribution in [1.29, 1.82) is 0 Å². The van der Waals surface area contributed by atoms with Crippen molar-refractivity contribution in [3.63, 3.8) is 0 Å². The van der Waals surface area contributed by atoms with Crippen molar-refractivity contribution < 1.29 is 17.9 Å². The minimum atomic E-state index is -3.81. The van der Waals surface area contributed by atoms with Crippen LogP contribution in [0.5, 0.6) is 0 Å². The summed E-state index contributed by atoms with van der Waals surface area (Å²) < 4.78 is 32.4. The van der Waals surface area contributed by atoms with Gasteiger partial charge in [-0.2, -0.15) is 4.31 Å². The van der Waals surface area contributed by atoms with E-state index < -0.39 is 16.0 Å². The van der Waals surface area contributed by atoms with Crippen LogP contribution in [0.15, 0.2) is 53.4 Å². The van der Waals surface area contributed by atoms with Gasteiger partial charge in [0, 0.05) is 18.1 Å². The van der Waals surface area contributed by atoms with Crippen LogP contribution in [0.2, 0.25) is 5.02 Å². The van der Waals surface area contributed by atoms with Crippen LogP contribution in [0.3, 0.4) is 0 Å². The Labute approximate surface area is 159 Å². The van der Waals surface area contributed by atoms with E-state index in [2.05, 4.69) is 0 Å². The lowest BCUT2D eigenvalue weighted by atomic mass is 10.2. The Hall–Kier alpha value is -1.89. The van der Waals surface area contributed by atoms with Crippen LogP contribution < -0.4 is 0 Å². The molecule has 0 aromatic heterocycles. The molecule has 0 aliphatic rings. The van der Waals surface area contributed by atoms with Gasteiger partial charge < -0.3 is 4.74 Å². The van der Waals surface area contributed by atoms with Gasteiger partial charge in [-0.15, -0.1) is 0 Å². The molecule has 0 saturated heterocycles. The molecular weight excluding hydrogens is 374 g/mol.